The highest BCUT2D eigenvalue weighted by Gasteiger charge is 2.22. The fourth-order valence-electron chi connectivity index (χ4n) is 3.92. The summed E-state index contributed by atoms with van der Waals surface area (Å²) < 4.78 is 1.89. The summed E-state index contributed by atoms with van der Waals surface area (Å²) in [6, 6.07) is 20.2. The summed E-state index contributed by atoms with van der Waals surface area (Å²) >= 11 is 0. The van der Waals surface area contributed by atoms with Crippen LogP contribution in [0.4, 0.5) is 17.5 Å². The lowest BCUT2D eigenvalue weighted by molar-refractivity contribution is 0.442. The number of rotatable bonds is 4. The lowest BCUT2D eigenvalue weighted by atomic mass is 10.0. The Morgan fingerprint density at radius 3 is 2.48 bits per heavy atom. The molecular formula is C23H24N6. The normalized spacial score (nSPS) is 16.9. The van der Waals surface area contributed by atoms with Crippen LogP contribution >= 0.6 is 0 Å². The average molecular weight is 384 g/mol. The van der Waals surface area contributed by atoms with E-state index in [1.165, 1.54) is 12.8 Å². The fraction of sp³-hybridized carbons (Fsp3) is 0.261. The van der Waals surface area contributed by atoms with Gasteiger partial charge in [0.05, 0.1) is 17.3 Å². The minimum atomic E-state index is 0.646. The van der Waals surface area contributed by atoms with Crippen molar-refractivity contribution in [3.63, 3.8) is 0 Å². The molecule has 1 saturated heterocycles. The van der Waals surface area contributed by atoms with Gasteiger partial charge in [0.25, 0.3) is 0 Å². The van der Waals surface area contributed by atoms with Crippen LogP contribution in [0.25, 0.3) is 16.7 Å². The highest BCUT2D eigenvalue weighted by atomic mass is 15.3. The van der Waals surface area contributed by atoms with Gasteiger partial charge in [-0.2, -0.15) is 15.1 Å². The van der Waals surface area contributed by atoms with Gasteiger partial charge < -0.3 is 10.2 Å². The van der Waals surface area contributed by atoms with Crippen molar-refractivity contribution in [1.82, 2.24) is 19.7 Å². The molecule has 0 aliphatic carbocycles. The standard InChI is InChI=1S/C23H24N6/c1-17-9-8-14-28(16-17)23-26-21(25-18-10-4-2-5-11-18)20-15-24-29(22(20)27-23)19-12-6-3-7-13-19/h2-7,10-13,15,17H,8-9,14,16H2,1H3,(H,25,26,27)/t17-/m1/s1. The number of anilines is 3. The van der Waals surface area contributed by atoms with Crippen LogP contribution < -0.4 is 10.2 Å². The van der Waals surface area contributed by atoms with Gasteiger partial charge in [0.15, 0.2) is 5.65 Å². The summed E-state index contributed by atoms with van der Waals surface area (Å²) in [6.07, 6.45) is 4.27. The van der Waals surface area contributed by atoms with Crippen LogP contribution in [0.1, 0.15) is 19.8 Å². The molecule has 1 atom stereocenters. The minimum absolute atomic E-state index is 0.646. The Balaban J connectivity index is 1.64. The third-order valence-electron chi connectivity index (χ3n) is 5.39. The van der Waals surface area contributed by atoms with E-state index >= 15 is 0 Å². The van der Waals surface area contributed by atoms with Gasteiger partial charge in [-0.25, -0.2) is 4.68 Å². The highest BCUT2D eigenvalue weighted by Crippen LogP contribution is 2.29. The van der Waals surface area contributed by atoms with E-state index < -0.39 is 0 Å². The van der Waals surface area contributed by atoms with Gasteiger partial charge in [0.1, 0.15) is 5.82 Å². The van der Waals surface area contributed by atoms with Crippen molar-refractivity contribution in [3.05, 3.63) is 66.9 Å². The second kappa shape index (κ2) is 7.54. The Kier molecular flexibility index (Phi) is 4.60. The van der Waals surface area contributed by atoms with Gasteiger partial charge in [0.2, 0.25) is 5.95 Å². The summed E-state index contributed by atoms with van der Waals surface area (Å²) in [5, 5.41) is 9.00. The molecule has 0 bridgehead atoms. The van der Waals surface area contributed by atoms with Gasteiger partial charge in [-0.3, -0.25) is 0 Å². The van der Waals surface area contributed by atoms with Crippen molar-refractivity contribution in [2.24, 2.45) is 5.92 Å². The SMILES string of the molecule is C[C@@H]1CCCN(c2nc(Nc3ccccc3)c3cnn(-c4ccccc4)c3n2)C1. The van der Waals surface area contributed by atoms with E-state index in [0.29, 0.717) is 5.92 Å². The molecule has 1 fully saturated rings. The Morgan fingerprint density at radius 2 is 1.72 bits per heavy atom. The van der Waals surface area contributed by atoms with Crippen molar-refractivity contribution >= 4 is 28.5 Å². The number of para-hydroxylation sites is 2. The van der Waals surface area contributed by atoms with Crippen LogP contribution in [0.3, 0.4) is 0 Å². The van der Waals surface area contributed by atoms with Crippen molar-refractivity contribution < 1.29 is 0 Å². The summed E-state index contributed by atoms with van der Waals surface area (Å²) in [4.78, 5) is 12.2. The Hall–Kier alpha value is -3.41. The van der Waals surface area contributed by atoms with Gasteiger partial charge >= 0.3 is 0 Å². The smallest absolute Gasteiger partial charge is 0.229 e. The first-order valence-electron chi connectivity index (χ1n) is 10.2. The molecule has 6 heteroatoms. The first kappa shape index (κ1) is 17.7. The molecule has 0 unspecified atom stereocenters. The van der Waals surface area contributed by atoms with Gasteiger partial charge in [-0.05, 0) is 43.0 Å². The lowest BCUT2D eigenvalue weighted by Crippen LogP contribution is -2.35. The Labute approximate surface area is 170 Å². The maximum Gasteiger partial charge on any atom is 0.229 e. The number of nitrogens with one attached hydrogen (secondary N) is 1. The van der Waals surface area contributed by atoms with E-state index in [0.717, 1.165) is 47.3 Å². The molecule has 29 heavy (non-hydrogen) atoms. The zero-order chi connectivity index (χ0) is 19.6. The largest absolute Gasteiger partial charge is 0.340 e. The monoisotopic (exact) mass is 384 g/mol. The number of piperidine rings is 1. The molecule has 146 valence electrons. The maximum absolute atomic E-state index is 4.95. The molecule has 2 aromatic carbocycles. The lowest BCUT2D eigenvalue weighted by Gasteiger charge is -2.31. The van der Waals surface area contributed by atoms with Crippen LogP contribution in [0.5, 0.6) is 0 Å². The summed E-state index contributed by atoms with van der Waals surface area (Å²) in [6.45, 7) is 4.26. The van der Waals surface area contributed by atoms with Gasteiger partial charge in [-0.1, -0.05) is 43.3 Å². The number of hydrogen-bond donors (Lipinski definition) is 1. The minimum Gasteiger partial charge on any atom is -0.340 e. The first-order valence-corrected chi connectivity index (χ1v) is 10.2. The topological polar surface area (TPSA) is 58.9 Å². The molecule has 1 aliphatic rings. The quantitative estimate of drug-likeness (QED) is 0.548. The van der Waals surface area contributed by atoms with E-state index in [1.807, 2.05) is 71.5 Å². The molecule has 2 aromatic heterocycles. The fourth-order valence-corrected chi connectivity index (χ4v) is 3.92. The molecule has 5 rings (SSSR count). The zero-order valence-electron chi connectivity index (χ0n) is 16.5. The maximum atomic E-state index is 4.95. The average Bonchev–Trinajstić information content (AvgIpc) is 3.19. The summed E-state index contributed by atoms with van der Waals surface area (Å²) in [7, 11) is 0. The van der Waals surface area contributed by atoms with Crippen LogP contribution in [-0.2, 0) is 0 Å². The van der Waals surface area contributed by atoms with Crippen molar-refractivity contribution in [1.29, 1.82) is 0 Å². The molecule has 0 spiro atoms. The van der Waals surface area contributed by atoms with Gasteiger partial charge in [0, 0.05) is 18.8 Å². The predicted molar refractivity (Wildman–Crippen MR) is 117 cm³/mol. The zero-order valence-corrected chi connectivity index (χ0v) is 16.5. The molecule has 0 saturated carbocycles. The van der Waals surface area contributed by atoms with Crippen LogP contribution in [0, 0.1) is 5.92 Å². The second-order valence-corrected chi connectivity index (χ2v) is 7.69. The Bertz CT molecular complexity index is 1110. The Morgan fingerprint density at radius 1 is 0.966 bits per heavy atom. The number of benzene rings is 2. The van der Waals surface area contributed by atoms with Crippen LogP contribution in [0.15, 0.2) is 66.9 Å². The molecule has 4 aromatic rings. The number of fused-ring (bicyclic) bond motifs is 1. The van der Waals surface area contributed by atoms with E-state index in [9.17, 15) is 0 Å². The van der Waals surface area contributed by atoms with E-state index in [4.69, 9.17) is 9.97 Å². The molecule has 1 N–H and O–H groups in total. The molecular weight excluding hydrogens is 360 g/mol. The highest BCUT2D eigenvalue weighted by molar-refractivity contribution is 5.90. The number of nitrogens with zero attached hydrogens (tertiary/aromatic N) is 5. The van der Waals surface area contributed by atoms with Gasteiger partial charge in [-0.15, -0.1) is 0 Å². The van der Waals surface area contributed by atoms with E-state index in [2.05, 4.69) is 22.2 Å². The molecule has 0 amide bonds. The van der Waals surface area contributed by atoms with Crippen molar-refractivity contribution in [2.45, 2.75) is 19.8 Å². The third-order valence-corrected chi connectivity index (χ3v) is 5.39. The third kappa shape index (κ3) is 3.53. The molecule has 3 heterocycles. The molecule has 6 nitrogen and oxygen atoms in total. The first-order chi connectivity index (χ1) is 14.3. The van der Waals surface area contributed by atoms with Crippen molar-refractivity contribution in [3.8, 4) is 5.69 Å². The predicted octanol–water partition coefficient (Wildman–Crippen LogP) is 4.80. The summed E-state index contributed by atoms with van der Waals surface area (Å²) in [5.41, 5.74) is 2.81. The second-order valence-electron chi connectivity index (χ2n) is 7.69. The summed E-state index contributed by atoms with van der Waals surface area (Å²) in [5.74, 6) is 2.20. The van der Waals surface area contributed by atoms with Crippen molar-refractivity contribution in [2.75, 3.05) is 23.3 Å². The van der Waals surface area contributed by atoms with Crippen LogP contribution in [0.2, 0.25) is 0 Å². The molecule has 0 radical (unpaired) electrons. The van der Waals surface area contributed by atoms with Crippen LogP contribution in [-0.4, -0.2) is 32.8 Å². The van der Waals surface area contributed by atoms with E-state index in [-0.39, 0.29) is 0 Å². The van der Waals surface area contributed by atoms with E-state index in [1.54, 1.807) is 0 Å². The molecule has 1 aliphatic heterocycles. The number of aromatic nitrogens is 4. The number of hydrogen-bond acceptors (Lipinski definition) is 5.